The molecule has 1 saturated carbocycles. The number of halogens is 3. The molecular weight excluding hydrogens is 559 g/mol. The summed E-state index contributed by atoms with van der Waals surface area (Å²) in [4.78, 5) is 23.5. The summed E-state index contributed by atoms with van der Waals surface area (Å²) in [6, 6.07) is 11.1. The average molecular weight is 590 g/mol. The van der Waals surface area contributed by atoms with E-state index in [9.17, 15) is 26.4 Å². The smallest absolute Gasteiger partial charge is 0.319 e. The van der Waals surface area contributed by atoms with Gasteiger partial charge in [0.05, 0.1) is 36.4 Å². The number of nitrogens with zero attached hydrogens (tertiary/aromatic N) is 3. The minimum atomic E-state index is -3.93. The van der Waals surface area contributed by atoms with Gasteiger partial charge < -0.3 is 20.3 Å². The van der Waals surface area contributed by atoms with Gasteiger partial charge in [0.2, 0.25) is 0 Å². The molecule has 1 atom stereocenters. The number of carbonyl (C=O) groups excluding carboxylic acids is 1. The lowest BCUT2D eigenvalue weighted by molar-refractivity contribution is 0.0985. The lowest BCUT2D eigenvalue weighted by atomic mass is 10.1. The predicted octanol–water partition coefficient (Wildman–Crippen LogP) is 4.67. The van der Waals surface area contributed by atoms with E-state index in [0.717, 1.165) is 6.07 Å². The van der Waals surface area contributed by atoms with E-state index >= 15 is 0 Å². The van der Waals surface area contributed by atoms with Gasteiger partial charge in [-0.3, -0.25) is 0 Å². The van der Waals surface area contributed by atoms with Crippen LogP contribution in [0.5, 0.6) is 0 Å². The molecule has 0 unspecified atom stereocenters. The molecule has 0 spiro atoms. The summed E-state index contributed by atoms with van der Waals surface area (Å²) in [6.07, 6.45) is -1.95. The summed E-state index contributed by atoms with van der Waals surface area (Å²) in [6.45, 7) is 4.33. The highest BCUT2D eigenvalue weighted by molar-refractivity contribution is 7.92. The zero-order chi connectivity index (χ0) is 29.4. The van der Waals surface area contributed by atoms with Gasteiger partial charge in [-0.05, 0) is 74.7 Å². The summed E-state index contributed by atoms with van der Waals surface area (Å²) < 4.78 is 70.8. The average Bonchev–Trinajstić information content (AvgIpc) is 3.75. The van der Waals surface area contributed by atoms with Crippen LogP contribution >= 0.6 is 0 Å². The molecule has 2 N–H and O–H groups in total. The predicted molar refractivity (Wildman–Crippen MR) is 147 cm³/mol. The van der Waals surface area contributed by atoms with Gasteiger partial charge in [-0.25, -0.2) is 36.4 Å². The topological polar surface area (TPSA) is 114 Å². The number of ether oxygens (including phenoxy) is 1. The van der Waals surface area contributed by atoms with Crippen LogP contribution in [0.4, 0.5) is 29.5 Å². The zero-order valence-corrected chi connectivity index (χ0v) is 23.3. The molecule has 218 valence electrons. The zero-order valence-electron chi connectivity index (χ0n) is 22.5. The number of sulfone groups is 1. The van der Waals surface area contributed by atoms with E-state index in [4.69, 9.17) is 14.7 Å². The Balaban J connectivity index is 1.53. The Morgan fingerprint density at radius 2 is 1.88 bits per heavy atom. The summed E-state index contributed by atoms with van der Waals surface area (Å²) >= 11 is 0. The van der Waals surface area contributed by atoms with E-state index in [-0.39, 0.29) is 10.9 Å². The molecule has 1 aliphatic heterocycles. The van der Waals surface area contributed by atoms with E-state index < -0.39 is 39.4 Å². The van der Waals surface area contributed by atoms with Gasteiger partial charge in [-0.1, -0.05) is 0 Å². The Labute approximate surface area is 236 Å². The molecule has 2 heterocycles. The van der Waals surface area contributed by atoms with Crippen LogP contribution < -0.4 is 15.5 Å². The normalized spacial score (nSPS) is 18.3. The van der Waals surface area contributed by atoms with Crippen molar-refractivity contribution in [2.45, 2.75) is 48.8 Å². The molecule has 1 aromatic heterocycles. The van der Waals surface area contributed by atoms with Crippen molar-refractivity contribution in [2.24, 2.45) is 0 Å². The summed E-state index contributed by atoms with van der Waals surface area (Å²) in [5.74, 6) is 0.345. The molecule has 2 aliphatic rings. The van der Waals surface area contributed by atoms with Crippen molar-refractivity contribution in [2.75, 3.05) is 36.5 Å². The van der Waals surface area contributed by atoms with Gasteiger partial charge in [0, 0.05) is 23.9 Å². The SMILES string of the molecule is Cc1cc(F)ccc1S(=O)(=O)C1(c2cc(N3CCOC[C@@H]3C)nc(-c3ccc(NC(=O)NCC(F)F)cc3)n2)CC1. The fraction of sp³-hybridized carbons (Fsp3) is 0.393. The first kappa shape index (κ1) is 28.8. The first-order chi connectivity index (χ1) is 19.5. The van der Waals surface area contributed by atoms with Gasteiger partial charge in [0.1, 0.15) is 16.4 Å². The van der Waals surface area contributed by atoms with Crippen molar-refractivity contribution in [1.29, 1.82) is 0 Å². The van der Waals surface area contributed by atoms with Crippen molar-refractivity contribution < 1.29 is 31.1 Å². The molecule has 0 bridgehead atoms. The summed E-state index contributed by atoms with van der Waals surface area (Å²) in [7, 11) is -3.93. The van der Waals surface area contributed by atoms with Crippen LogP contribution in [-0.2, 0) is 19.3 Å². The number of aryl methyl sites for hydroxylation is 1. The molecule has 13 heteroatoms. The molecule has 2 aromatic carbocycles. The minimum Gasteiger partial charge on any atom is -0.377 e. The number of amides is 2. The van der Waals surface area contributed by atoms with Gasteiger partial charge in [0.15, 0.2) is 15.7 Å². The Bertz CT molecular complexity index is 1550. The number of hydrogen-bond acceptors (Lipinski definition) is 7. The van der Waals surface area contributed by atoms with Crippen LogP contribution in [0.1, 0.15) is 31.0 Å². The van der Waals surface area contributed by atoms with Crippen LogP contribution in [0.3, 0.4) is 0 Å². The van der Waals surface area contributed by atoms with Crippen LogP contribution in [0, 0.1) is 12.7 Å². The number of hydrogen-bond donors (Lipinski definition) is 2. The number of aromatic nitrogens is 2. The first-order valence-corrected chi connectivity index (χ1v) is 14.7. The van der Waals surface area contributed by atoms with Crippen molar-refractivity contribution in [1.82, 2.24) is 15.3 Å². The number of rotatable bonds is 8. The Morgan fingerprint density at radius 1 is 1.15 bits per heavy atom. The third-order valence-electron chi connectivity index (χ3n) is 7.30. The molecule has 3 aromatic rings. The standard InChI is InChI=1S/C28H30F3N5O4S/c1-17-13-20(29)5-8-22(17)41(38,39)28(9-10-28)23-14-25(36-11-12-40-16-18(36)2)35-26(34-23)19-3-6-21(7-4-19)33-27(37)32-15-24(30)31/h3-8,13-14,18,24H,9-12,15-16H2,1-2H3,(H2,32,33,37)/t18-/m0/s1. The Kier molecular flexibility index (Phi) is 7.93. The molecule has 9 nitrogen and oxygen atoms in total. The van der Waals surface area contributed by atoms with Crippen LogP contribution in [0.2, 0.25) is 0 Å². The van der Waals surface area contributed by atoms with Crippen LogP contribution in [0.15, 0.2) is 53.4 Å². The van der Waals surface area contributed by atoms with E-state index in [0.29, 0.717) is 66.8 Å². The molecule has 0 radical (unpaired) electrons. The molecule has 2 amide bonds. The Hall–Kier alpha value is -3.71. The number of urea groups is 1. The molecule has 5 rings (SSSR count). The highest BCUT2D eigenvalue weighted by atomic mass is 32.2. The second kappa shape index (κ2) is 11.3. The van der Waals surface area contributed by atoms with Crippen molar-refractivity contribution >= 4 is 27.4 Å². The van der Waals surface area contributed by atoms with Crippen LogP contribution in [0.25, 0.3) is 11.4 Å². The summed E-state index contributed by atoms with van der Waals surface area (Å²) in [5.41, 5.74) is 1.62. The monoisotopic (exact) mass is 589 g/mol. The molecular formula is C28H30F3N5O4S. The van der Waals surface area contributed by atoms with Gasteiger partial charge in [0.25, 0.3) is 6.43 Å². The maximum absolute atomic E-state index is 14.0. The highest BCUT2D eigenvalue weighted by Gasteiger charge is 2.58. The van der Waals surface area contributed by atoms with Gasteiger partial charge in [-0.2, -0.15) is 0 Å². The number of carbonyl (C=O) groups is 1. The maximum Gasteiger partial charge on any atom is 0.319 e. The number of alkyl halides is 2. The minimum absolute atomic E-state index is 0.0104. The largest absolute Gasteiger partial charge is 0.377 e. The molecule has 1 saturated heterocycles. The quantitative estimate of drug-likeness (QED) is 0.367. The van der Waals surface area contributed by atoms with Crippen molar-refractivity contribution in [3.63, 3.8) is 0 Å². The van der Waals surface area contributed by atoms with Crippen molar-refractivity contribution in [3.05, 3.63) is 65.6 Å². The van der Waals surface area contributed by atoms with E-state index in [1.54, 1.807) is 37.3 Å². The maximum atomic E-state index is 14.0. The van der Waals surface area contributed by atoms with Crippen LogP contribution in [-0.4, -0.2) is 63.2 Å². The summed E-state index contributed by atoms with van der Waals surface area (Å²) in [5, 5.41) is 4.56. The third kappa shape index (κ3) is 5.87. The lowest BCUT2D eigenvalue weighted by Gasteiger charge is -2.34. The van der Waals surface area contributed by atoms with E-state index in [2.05, 4.69) is 10.6 Å². The fourth-order valence-corrected chi connectivity index (χ4v) is 7.13. The van der Waals surface area contributed by atoms with Gasteiger partial charge >= 0.3 is 6.03 Å². The Morgan fingerprint density at radius 3 is 2.51 bits per heavy atom. The highest BCUT2D eigenvalue weighted by Crippen LogP contribution is 2.55. The second-order valence-electron chi connectivity index (χ2n) is 10.3. The second-order valence-corrected chi connectivity index (χ2v) is 12.5. The number of morpholine rings is 1. The first-order valence-electron chi connectivity index (χ1n) is 13.2. The number of anilines is 2. The number of nitrogens with one attached hydrogen (secondary N) is 2. The fourth-order valence-electron chi connectivity index (χ4n) is 4.96. The van der Waals surface area contributed by atoms with E-state index in [1.165, 1.54) is 12.1 Å². The van der Waals surface area contributed by atoms with Gasteiger partial charge in [-0.15, -0.1) is 0 Å². The molecule has 1 aliphatic carbocycles. The lowest BCUT2D eigenvalue weighted by Crippen LogP contribution is -2.44. The van der Waals surface area contributed by atoms with E-state index in [1.807, 2.05) is 11.8 Å². The van der Waals surface area contributed by atoms with Crippen molar-refractivity contribution in [3.8, 4) is 11.4 Å². The molecule has 2 fully saturated rings. The third-order valence-corrected chi connectivity index (χ3v) is 9.99. The number of benzene rings is 2. The molecule has 41 heavy (non-hydrogen) atoms.